The molecule has 0 bridgehead atoms. The summed E-state index contributed by atoms with van der Waals surface area (Å²) < 4.78 is 5.39. The highest BCUT2D eigenvalue weighted by Crippen LogP contribution is 2.29. The normalized spacial score (nSPS) is 20.2. The number of hydrogen-bond donors (Lipinski definition) is 2. The standard InChI is InChI=1S/C15H20N2O/c1-18-14-5-4-12(13-6-8-17-15(13)14)9-11-3-2-7-16-10-11/h4-6,8,11,16-17H,2-3,7,9-10H2,1H3. The summed E-state index contributed by atoms with van der Waals surface area (Å²) in [5.74, 6) is 1.70. The first-order valence-corrected chi connectivity index (χ1v) is 6.72. The molecular formula is C15H20N2O. The van der Waals surface area contributed by atoms with Gasteiger partial charge in [-0.2, -0.15) is 0 Å². The van der Waals surface area contributed by atoms with Crippen molar-refractivity contribution in [3.63, 3.8) is 0 Å². The largest absolute Gasteiger partial charge is 0.495 e. The quantitative estimate of drug-likeness (QED) is 0.871. The fourth-order valence-corrected chi connectivity index (χ4v) is 2.95. The van der Waals surface area contributed by atoms with Gasteiger partial charge in [-0.05, 0) is 56.0 Å². The van der Waals surface area contributed by atoms with Gasteiger partial charge in [0.25, 0.3) is 0 Å². The molecule has 0 radical (unpaired) electrons. The zero-order chi connectivity index (χ0) is 12.4. The van der Waals surface area contributed by atoms with E-state index in [4.69, 9.17) is 4.74 Å². The third-order valence-electron chi connectivity index (χ3n) is 3.90. The lowest BCUT2D eigenvalue weighted by Gasteiger charge is -2.23. The summed E-state index contributed by atoms with van der Waals surface area (Å²) in [4.78, 5) is 3.28. The van der Waals surface area contributed by atoms with Crippen LogP contribution < -0.4 is 10.1 Å². The Balaban J connectivity index is 1.89. The number of H-pyrrole nitrogens is 1. The second-order valence-corrected chi connectivity index (χ2v) is 5.11. The van der Waals surface area contributed by atoms with Crippen molar-refractivity contribution in [2.45, 2.75) is 19.3 Å². The third kappa shape index (κ3) is 2.10. The Labute approximate surface area is 108 Å². The summed E-state index contributed by atoms with van der Waals surface area (Å²) in [6.45, 7) is 2.33. The van der Waals surface area contributed by atoms with E-state index in [2.05, 4.69) is 28.5 Å². The van der Waals surface area contributed by atoms with Crippen LogP contribution in [0, 0.1) is 5.92 Å². The van der Waals surface area contributed by atoms with Crippen LogP contribution in [0.1, 0.15) is 18.4 Å². The van der Waals surface area contributed by atoms with Crippen LogP contribution in [0.5, 0.6) is 5.75 Å². The maximum absolute atomic E-state index is 5.39. The summed E-state index contributed by atoms with van der Waals surface area (Å²) >= 11 is 0. The van der Waals surface area contributed by atoms with Gasteiger partial charge in [0.1, 0.15) is 5.75 Å². The molecule has 2 N–H and O–H groups in total. The number of benzene rings is 1. The highest BCUT2D eigenvalue weighted by molar-refractivity contribution is 5.88. The minimum absolute atomic E-state index is 0.769. The molecule has 3 rings (SSSR count). The topological polar surface area (TPSA) is 37.0 Å². The molecule has 1 aromatic heterocycles. The van der Waals surface area contributed by atoms with E-state index in [1.54, 1.807) is 7.11 Å². The van der Waals surface area contributed by atoms with Crippen LogP contribution in [0.4, 0.5) is 0 Å². The van der Waals surface area contributed by atoms with E-state index in [-0.39, 0.29) is 0 Å². The molecule has 1 aromatic carbocycles. The Kier molecular flexibility index (Phi) is 3.24. The molecule has 0 aliphatic carbocycles. The van der Waals surface area contributed by atoms with Gasteiger partial charge in [0, 0.05) is 11.6 Å². The molecule has 1 atom stereocenters. The molecule has 96 valence electrons. The zero-order valence-corrected chi connectivity index (χ0v) is 10.8. The van der Waals surface area contributed by atoms with Crippen molar-refractivity contribution in [2.24, 2.45) is 5.92 Å². The molecular weight excluding hydrogens is 224 g/mol. The van der Waals surface area contributed by atoms with E-state index in [1.165, 1.54) is 30.3 Å². The minimum atomic E-state index is 0.769. The van der Waals surface area contributed by atoms with Gasteiger partial charge in [-0.1, -0.05) is 6.07 Å². The van der Waals surface area contributed by atoms with Crippen LogP contribution in [0.25, 0.3) is 10.9 Å². The van der Waals surface area contributed by atoms with E-state index >= 15 is 0 Å². The van der Waals surface area contributed by atoms with Gasteiger partial charge in [0.05, 0.1) is 12.6 Å². The molecule has 1 fully saturated rings. The van der Waals surface area contributed by atoms with Gasteiger partial charge < -0.3 is 15.0 Å². The number of aromatic nitrogens is 1. The molecule has 0 spiro atoms. The Bertz CT molecular complexity index is 526. The maximum Gasteiger partial charge on any atom is 0.142 e. The van der Waals surface area contributed by atoms with Crippen LogP contribution >= 0.6 is 0 Å². The average molecular weight is 244 g/mol. The zero-order valence-electron chi connectivity index (χ0n) is 10.8. The first kappa shape index (κ1) is 11.6. The number of nitrogens with one attached hydrogen (secondary N) is 2. The Morgan fingerprint density at radius 1 is 1.33 bits per heavy atom. The van der Waals surface area contributed by atoms with Gasteiger partial charge in [-0.15, -0.1) is 0 Å². The average Bonchev–Trinajstić information content (AvgIpc) is 2.90. The molecule has 3 nitrogen and oxygen atoms in total. The molecule has 0 amide bonds. The summed E-state index contributed by atoms with van der Waals surface area (Å²) in [5.41, 5.74) is 2.56. The first-order valence-electron chi connectivity index (χ1n) is 6.72. The summed E-state index contributed by atoms with van der Waals surface area (Å²) in [6.07, 6.45) is 5.79. The van der Waals surface area contributed by atoms with Gasteiger partial charge in [0.15, 0.2) is 0 Å². The maximum atomic E-state index is 5.39. The molecule has 3 heteroatoms. The van der Waals surface area contributed by atoms with Crippen molar-refractivity contribution in [3.05, 3.63) is 30.0 Å². The number of piperidine rings is 1. The number of hydrogen-bond acceptors (Lipinski definition) is 2. The predicted molar refractivity (Wildman–Crippen MR) is 74.1 cm³/mol. The summed E-state index contributed by atoms with van der Waals surface area (Å²) in [7, 11) is 1.72. The SMILES string of the molecule is COc1ccc(CC2CCCNC2)c2cc[nH]c12. The lowest BCUT2D eigenvalue weighted by molar-refractivity contribution is 0.376. The number of fused-ring (bicyclic) bond motifs is 1. The molecule has 1 aliphatic rings. The van der Waals surface area contributed by atoms with Crippen LogP contribution in [0.2, 0.25) is 0 Å². The van der Waals surface area contributed by atoms with E-state index in [9.17, 15) is 0 Å². The van der Waals surface area contributed by atoms with Crippen molar-refractivity contribution >= 4 is 10.9 Å². The van der Waals surface area contributed by atoms with Crippen molar-refractivity contribution in [3.8, 4) is 5.75 Å². The third-order valence-corrected chi connectivity index (χ3v) is 3.90. The molecule has 2 aromatic rings. The van der Waals surface area contributed by atoms with Crippen molar-refractivity contribution < 1.29 is 4.74 Å². The molecule has 18 heavy (non-hydrogen) atoms. The highest BCUT2D eigenvalue weighted by atomic mass is 16.5. The van der Waals surface area contributed by atoms with E-state index in [1.807, 2.05) is 6.20 Å². The Morgan fingerprint density at radius 2 is 2.28 bits per heavy atom. The number of rotatable bonds is 3. The van der Waals surface area contributed by atoms with Crippen LogP contribution in [-0.2, 0) is 6.42 Å². The first-order chi connectivity index (χ1) is 8.88. The van der Waals surface area contributed by atoms with Crippen LogP contribution in [0.15, 0.2) is 24.4 Å². The van der Waals surface area contributed by atoms with E-state index < -0.39 is 0 Å². The molecule has 1 unspecified atom stereocenters. The van der Waals surface area contributed by atoms with Gasteiger partial charge in [-0.25, -0.2) is 0 Å². The van der Waals surface area contributed by atoms with Crippen molar-refractivity contribution in [1.82, 2.24) is 10.3 Å². The fraction of sp³-hybridized carbons (Fsp3) is 0.467. The lowest BCUT2D eigenvalue weighted by Crippen LogP contribution is -2.30. The fourth-order valence-electron chi connectivity index (χ4n) is 2.95. The number of ether oxygens (including phenoxy) is 1. The van der Waals surface area contributed by atoms with E-state index in [0.29, 0.717) is 0 Å². The second kappa shape index (κ2) is 5.02. The van der Waals surface area contributed by atoms with Crippen LogP contribution in [-0.4, -0.2) is 25.2 Å². The predicted octanol–water partition coefficient (Wildman–Crippen LogP) is 2.72. The molecule has 1 aliphatic heterocycles. The van der Waals surface area contributed by atoms with Gasteiger partial charge in [0.2, 0.25) is 0 Å². The number of methoxy groups -OCH3 is 1. The molecule has 0 saturated carbocycles. The second-order valence-electron chi connectivity index (χ2n) is 5.11. The molecule has 1 saturated heterocycles. The minimum Gasteiger partial charge on any atom is -0.495 e. The smallest absolute Gasteiger partial charge is 0.142 e. The summed E-state index contributed by atoms with van der Waals surface area (Å²) in [5, 5.41) is 4.79. The molecule has 2 heterocycles. The van der Waals surface area contributed by atoms with Gasteiger partial charge >= 0.3 is 0 Å². The van der Waals surface area contributed by atoms with Gasteiger partial charge in [-0.3, -0.25) is 0 Å². The van der Waals surface area contributed by atoms with Crippen molar-refractivity contribution in [2.75, 3.05) is 20.2 Å². The van der Waals surface area contributed by atoms with Crippen molar-refractivity contribution in [1.29, 1.82) is 0 Å². The number of aromatic amines is 1. The Morgan fingerprint density at radius 3 is 3.06 bits per heavy atom. The van der Waals surface area contributed by atoms with E-state index in [0.717, 1.165) is 30.1 Å². The lowest BCUT2D eigenvalue weighted by atomic mass is 9.91. The van der Waals surface area contributed by atoms with Crippen LogP contribution in [0.3, 0.4) is 0 Å². The Hall–Kier alpha value is -1.48. The monoisotopic (exact) mass is 244 g/mol. The summed E-state index contributed by atoms with van der Waals surface area (Å²) in [6, 6.07) is 6.44. The highest BCUT2D eigenvalue weighted by Gasteiger charge is 2.16.